The number of hydrogen-bond donors (Lipinski definition) is 1. The fourth-order valence-corrected chi connectivity index (χ4v) is 3.84. The highest BCUT2D eigenvalue weighted by Gasteiger charge is 2.27. The molecule has 3 rings (SSSR count). The second kappa shape index (κ2) is 6.11. The molecule has 0 atom stereocenters. The molecular weight excluding hydrogens is 348 g/mol. The summed E-state index contributed by atoms with van der Waals surface area (Å²) in [6, 6.07) is 10.4. The van der Waals surface area contributed by atoms with Crippen LogP contribution in [0.25, 0.3) is 0 Å². The van der Waals surface area contributed by atoms with Gasteiger partial charge < -0.3 is 5.32 Å². The number of carbonyl (C=O) groups excluding carboxylic acids is 1. The predicted molar refractivity (Wildman–Crippen MR) is 96.5 cm³/mol. The number of halogens is 1. The van der Waals surface area contributed by atoms with Crippen LogP contribution in [-0.4, -0.2) is 27.1 Å². The molecule has 0 spiro atoms. The molecule has 0 aromatic heterocycles. The molecule has 1 N–H and O–H groups in total. The third kappa shape index (κ3) is 3.25. The molecule has 0 aliphatic carbocycles. The van der Waals surface area contributed by atoms with E-state index < -0.39 is 10.0 Å². The first-order valence-electron chi connectivity index (χ1n) is 7.44. The molecule has 0 unspecified atom stereocenters. The van der Waals surface area contributed by atoms with Crippen molar-refractivity contribution in [2.24, 2.45) is 0 Å². The van der Waals surface area contributed by atoms with Crippen LogP contribution in [0.15, 0.2) is 36.4 Å². The first-order valence-corrected chi connectivity index (χ1v) is 9.66. The van der Waals surface area contributed by atoms with Crippen LogP contribution in [-0.2, 0) is 16.4 Å². The Balaban J connectivity index is 1.88. The summed E-state index contributed by atoms with van der Waals surface area (Å²) >= 11 is 6.06. The summed E-state index contributed by atoms with van der Waals surface area (Å²) in [5, 5.41) is 3.35. The van der Waals surface area contributed by atoms with Crippen LogP contribution in [0.2, 0.25) is 5.02 Å². The molecule has 7 heteroatoms. The number of anilines is 2. The molecule has 126 valence electrons. The number of nitrogens with one attached hydrogen (secondary N) is 1. The zero-order chi connectivity index (χ0) is 17.5. The summed E-state index contributed by atoms with van der Waals surface area (Å²) < 4.78 is 25.0. The molecule has 0 fully saturated rings. The van der Waals surface area contributed by atoms with Crippen molar-refractivity contribution in [2.45, 2.75) is 13.3 Å². The fraction of sp³-hybridized carbons (Fsp3) is 0.235. The van der Waals surface area contributed by atoms with Gasteiger partial charge in [-0.2, -0.15) is 0 Å². The van der Waals surface area contributed by atoms with Crippen LogP contribution in [0.1, 0.15) is 21.5 Å². The summed E-state index contributed by atoms with van der Waals surface area (Å²) in [6.45, 7) is 2.29. The van der Waals surface area contributed by atoms with Gasteiger partial charge in [-0.1, -0.05) is 23.7 Å². The minimum atomic E-state index is -3.34. The number of amides is 1. The molecule has 2 aromatic rings. The van der Waals surface area contributed by atoms with Crippen molar-refractivity contribution in [2.75, 3.05) is 22.4 Å². The predicted octanol–water partition coefficient (Wildman–Crippen LogP) is 3.22. The van der Waals surface area contributed by atoms with Crippen LogP contribution in [0.3, 0.4) is 0 Å². The first-order chi connectivity index (χ1) is 11.3. The summed E-state index contributed by atoms with van der Waals surface area (Å²) in [7, 11) is -3.34. The van der Waals surface area contributed by atoms with E-state index >= 15 is 0 Å². The number of fused-ring (bicyclic) bond motifs is 1. The average molecular weight is 365 g/mol. The molecule has 0 radical (unpaired) electrons. The lowest BCUT2D eigenvalue weighted by molar-refractivity contribution is 0.102. The lowest BCUT2D eigenvalue weighted by atomic mass is 10.1. The lowest BCUT2D eigenvalue weighted by Crippen LogP contribution is -2.27. The molecule has 1 aliphatic heterocycles. The Morgan fingerprint density at radius 1 is 1.21 bits per heavy atom. The van der Waals surface area contributed by atoms with Crippen LogP contribution in [0.4, 0.5) is 11.4 Å². The third-order valence-corrected chi connectivity index (χ3v) is 5.62. The largest absolute Gasteiger partial charge is 0.322 e. The highest BCUT2D eigenvalue weighted by atomic mass is 35.5. The van der Waals surface area contributed by atoms with Gasteiger partial charge in [-0.25, -0.2) is 8.42 Å². The standard InChI is InChI=1S/C17H17ClN2O3S/c1-11-3-6-14(10-15(11)18)19-17(21)13-5-4-12-7-8-20(16(12)9-13)24(2,22)23/h3-6,9-10H,7-8H2,1-2H3,(H,19,21). The van der Waals surface area contributed by atoms with Crippen molar-refractivity contribution in [3.05, 3.63) is 58.1 Å². The number of benzene rings is 2. The molecule has 1 amide bonds. The number of sulfonamides is 1. The van der Waals surface area contributed by atoms with Crippen LogP contribution in [0.5, 0.6) is 0 Å². The Kier molecular flexibility index (Phi) is 4.27. The molecule has 0 saturated heterocycles. The Morgan fingerprint density at radius 2 is 1.96 bits per heavy atom. The van der Waals surface area contributed by atoms with E-state index in [2.05, 4.69) is 5.32 Å². The molecular formula is C17H17ClN2O3S. The van der Waals surface area contributed by atoms with Crippen molar-refractivity contribution >= 4 is 38.9 Å². The fourth-order valence-electron chi connectivity index (χ4n) is 2.71. The molecule has 24 heavy (non-hydrogen) atoms. The number of aryl methyl sites for hydroxylation is 1. The van der Waals surface area contributed by atoms with Gasteiger partial charge in [0, 0.05) is 22.8 Å². The lowest BCUT2D eigenvalue weighted by Gasteiger charge is -2.17. The summed E-state index contributed by atoms with van der Waals surface area (Å²) in [6.07, 6.45) is 1.82. The zero-order valence-electron chi connectivity index (χ0n) is 13.3. The van der Waals surface area contributed by atoms with Gasteiger partial charge in [0.25, 0.3) is 5.91 Å². The average Bonchev–Trinajstić information content (AvgIpc) is 2.94. The van der Waals surface area contributed by atoms with Crippen molar-refractivity contribution in [3.8, 4) is 0 Å². The Bertz CT molecular complexity index is 925. The van der Waals surface area contributed by atoms with E-state index in [0.717, 1.165) is 11.1 Å². The molecule has 5 nitrogen and oxygen atoms in total. The Labute approximate surface area is 146 Å². The zero-order valence-corrected chi connectivity index (χ0v) is 14.9. The second-order valence-corrected chi connectivity index (χ2v) is 8.16. The first kappa shape index (κ1) is 16.8. The van der Waals surface area contributed by atoms with Gasteiger partial charge in [-0.15, -0.1) is 0 Å². The van der Waals surface area contributed by atoms with E-state index in [1.807, 2.05) is 13.0 Å². The summed E-state index contributed by atoms with van der Waals surface area (Å²) in [5.41, 5.74) is 3.43. The molecule has 1 heterocycles. The minimum absolute atomic E-state index is 0.307. The molecule has 2 aromatic carbocycles. The molecule has 0 bridgehead atoms. The topological polar surface area (TPSA) is 66.5 Å². The Morgan fingerprint density at radius 3 is 2.62 bits per heavy atom. The number of rotatable bonds is 3. The van der Waals surface area contributed by atoms with E-state index in [0.29, 0.717) is 34.9 Å². The van der Waals surface area contributed by atoms with E-state index in [4.69, 9.17) is 11.6 Å². The second-order valence-electron chi connectivity index (χ2n) is 5.85. The summed E-state index contributed by atoms with van der Waals surface area (Å²) in [4.78, 5) is 12.4. The quantitative estimate of drug-likeness (QED) is 0.909. The smallest absolute Gasteiger partial charge is 0.255 e. The van der Waals surface area contributed by atoms with Crippen LogP contribution in [0, 0.1) is 6.92 Å². The van der Waals surface area contributed by atoms with Crippen molar-refractivity contribution in [1.82, 2.24) is 0 Å². The van der Waals surface area contributed by atoms with Gasteiger partial charge in [-0.3, -0.25) is 9.10 Å². The monoisotopic (exact) mass is 364 g/mol. The SMILES string of the molecule is Cc1ccc(NC(=O)c2ccc3c(c2)N(S(C)(=O)=O)CC3)cc1Cl. The van der Waals surface area contributed by atoms with Gasteiger partial charge in [0.05, 0.1) is 11.9 Å². The van der Waals surface area contributed by atoms with Crippen LogP contribution >= 0.6 is 11.6 Å². The van der Waals surface area contributed by atoms with Gasteiger partial charge in [-0.05, 0) is 48.7 Å². The summed E-state index contributed by atoms with van der Waals surface area (Å²) in [5.74, 6) is -0.307. The van der Waals surface area contributed by atoms with Gasteiger partial charge >= 0.3 is 0 Å². The van der Waals surface area contributed by atoms with E-state index in [-0.39, 0.29) is 5.91 Å². The van der Waals surface area contributed by atoms with Crippen LogP contribution < -0.4 is 9.62 Å². The number of carbonyl (C=O) groups is 1. The molecule has 0 saturated carbocycles. The molecule has 1 aliphatic rings. The highest BCUT2D eigenvalue weighted by molar-refractivity contribution is 7.92. The maximum atomic E-state index is 12.4. The van der Waals surface area contributed by atoms with Gasteiger partial charge in [0.1, 0.15) is 0 Å². The maximum absolute atomic E-state index is 12.4. The van der Waals surface area contributed by atoms with E-state index in [9.17, 15) is 13.2 Å². The number of hydrogen-bond acceptors (Lipinski definition) is 3. The minimum Gasteiger partial charge on any atom is -0.322 e. The van der Waals surface area contributed by atoms with Crippen molar-refractivity contribution < 1.29 is 13.2 Å². The maximum Gasteiger partial charge on any atom is 0.255 e. The Hall–Kier alpha value is -2.05. The number of nitrogens with zero attached hydrogens (tertiary/aromatic N) is 1. The van der Waals surface area contributed by atoms with E-state index in [1.54, 1.807) is 30.3 Å². The van der Waals surface area contributed by atoms with Crippen molar-refractivity contribution in [1.29, 1.82) is 0 Å². The van der Waals surface area contributed by atoms with Gasteiger partial charge in [0.15, 0.2) is 0 Å². The van der Waals surface area contributed by atoms with E-state index in [1.165, 1.54) is 10.6 Å². The van der Waals surface area contributed by atoms with Gasteiger partial charge in [0.2, 0.25) is 10.0 Å². The third-order valence-electron chi connectivity index (χ3n) is 4.03. The van der Waals surface area contributed by atoms with Crippen molar-refractivity contribution in [3.63, 3.8) is 0 Å². The normalized spacial score (nSPS) is 13.7. The highest BCUT2D eigenvalue weighted by Crippen LogP contribution is 2.31.